The highest BCUT2D eigenvalue weighted by atomic mass is 19.1. The molecule has 20 heavy (non-hydrogen) atoms. The highest BCUT2D eigenvalue weighted by molar-refractivity contribution is 5.94. The number of carboxylic acid groups (broad SMARTS) is 1. The Balaban J connectivity index is 2.14. The molecular weight excluding hydrogens is 257 g/mol. The Hall–Kier alpha value is -2.36. The Kier molecular flexibility index (Phi) is 4.35. The largest absolute Gasteiger partial charge is 0.478 e. The molecule has 2 aromatic carbocycles. The lowest BCUT2D eigenvalue weighted by Gasteiger charge is -2.10. The summed E-state index contributed by atoms with van der Waals surface area (Å²) >= 11 is 0. The van der Waals surface area contributed by atoms with E-state index in [1.165, 1.54) is 11.6 Å². The molecule has 0 heterocycles. The number of carboxylic acids is 1. The normalized spacial score (nSPS) is 10.3. The van der Waals surface area contributed by atoms with Gasteiger partial charge in [-0.05, 0) is 29.7 Å². The first-order valence-electron chi connectivity index (χ1n) is 6.45. The molecule has 2 N–H and O–H groups in total. The second-order valence-corrected chi connectivity index (χ2v) is 4.49. The van der Waals surface area contributed by atoms with Gasteiger partial charge in [0.05, 0.1) is 5.69 Å². The van der Waals surface area contributed by atoms with E-state index in [2.05, 4.69) is 12.2 Å². The summed E-state index contributed by atoms with van der Waals surface area (Å²) in [6.45, 7) is 2.53. The molecule has 0 aromatic heterocycles. The van der Waals surface area contributed by atoms with Gasteiger partial charge >= 0.3 is 5.97 Å². The lowest BCUT2D eigenvalue weighted by atomic mass is 10.1. The van der Waals surface area contributed by atoms with E-state index < -0.39 is 11.8 Å². The van der Waals surface area contributed by atoms with E-state index in [1.807, 2.05) is 24.3 Å². The average Bonchev–Trinajstić information content (AvgIpc) is 2.45. The fourth-order valence-electron chi connectivity index (χ4n) is 1.98. The van der Waals surface area contributed by atoms with Gasteiger partial charge in [0, 0.05) is 6.54 Å². The molecule has 0 bridgehead atoms. The number of nitrogens with one attached hydrogen (secondary N) is 1. The van der Waals surface area contributed by atoms with E-state index in [9.17, 15) is 9.18 Å². The summed E-state index contributed by atoms with van der Waals surface area (Å²) in [5, 5.41) is 12.0. The number of hydrogen-bond acceptors (Lipinski definition) is 2. The maximum absolute atomic E-state index is 13.5. The predicted octanol–water partition coefficient (Wildman–Crippen LogP) is 3.70. The molecule has 0 aliphatic carbocycles. The van der Waals surface area contributed by atoms with Gasteiger partial charge in [0.2, 0.25) is 0 Å². The molecule has 2 aromatic rings. The first-order chi connectivity index (χ1) is 9.61. The number of anilines is 1. The van der Waals surface area contributed by atoms with Crippen LogP contribution in [-0.2, 0) is 13.0 Å². The van der Waals surface area contributed by atoms with Crippen LogP contribution in [-0.4, -0.2) is 11.1 Å². The molecule has 0 unspecified atom stereocenters. The van der Waals surface area contributed by atoms with Crippen molar-refractivity contribution < 1.29 is 14.3 Å². The quantitative estimate of drug-likeness (QED) is 0.873. The summed E-state index contributed by atoms with van der Waals surface area (Å²) in [6.07, 6.45) is 0.973. The van der Waals surface area contributed by atoms with Crippen LogP contribution >= 0.6 is 0 Å². The Morgan fingerprint density at radius 1 is 1.15 bits per heavy atom. The van der Waals surface area contributed by atoms with Crippen molar-refractivity contribution in [1.82, 2.24) is 0 Å². The Bertz CT molecular complexity index is 608. The molecule has 2 rings (SSSR count). The standard InChI is InChI=1S/C16H16FNO2/c1-2-11-6-8-12(9-7-11)10-18-14-5-3-4-13(17)15(14)16(19)20/h3-9,18H,2,10H2,1H3,(H,19,20). The summed E-state index contributed by atoms with van der Waals surface area (Å²) in [5.74, 6) is -2.00. The predicted molar refractivity (Wildman–Crippen MR) is 76.5 cm³/mol. The smallest absolute Gasteiger partial charge is 0.340 e. The van der Waals surface area contributed by atoms with Gasteiger partial charge in [-0.15, -0.1) is 0 Å². The average molecular weight is 273 g/mol. The third-order valence-corrected chi connectivity index (χ3v) is 3.14. The molecule has 0 amide bonds. The number of carbonyl (C=O) groups is 1. The summed E-state index contributed by atoms with van der Waals surface area (Å²) in [7, 11) is 0. The van der Waals surface area contributed by atoms with Crippen LogP contribution in [0.1, 0.15) is 28.4 Å². The summed E-state index contributed by atoms with van der Waals surface area (Å²) in [5.41, 5.74) is 2.23. The molecule has 0 aliphatic heterocycles. The van der Waals surface area contributed by atoms with Crippen molar-refractivity contribution in [1.29, 1.82) is 0 Å². The SMILES string of the molecule is CCc1ccc(CNc2cccc(F)c2C(=O)O)cc1. The van der Waals surface area contributed by atoms with Crippen LogP contribution in [0.15, 0.2) is 42.5 Å². The molecule has 0 saturated heterocycles. The number of aryl methyl sites for hydroxylation is 1. The van der Waals surface area contributed by atoms with Gasteiger partial charge in [-0.3, -0.25) is 0 Å². The zero-order chi connectivity index (χ0) is 14.5. The second-order valence-electron chi connectivity index (χ2n) is 4.49. The van der Waals surface area contributed by atoms with Crippen LogP contribution in [0.25, 0.3) is 0 Å². The fraction of sp³-hybridized carbons (Fsp3) is 0.188. The summed E-state index contributed by atoms with van der Waals surface area (Å²) in [4.78, 5) is 11.1. The Morgan fingerprint density at radius 2 is 1.80 bits per heavy atom. The molecule has 0 radical (unpaired) electrons. The maximum Gasteiger partial charge on any atom is 0.340 e. The highest BCUT2D eigenvalue weighted by Crippen LogP contribution is 2.20. The van der Waals surface area contributed by atoms with Crippen molar-refractivity contribution in [2.24, 2.45) is 0 Å². The van der Waals surface area contributed by atoms with Crippen LogP contribution in [0.4, 0.5) is 10.1 Å². The Labute approximate surface area is 117 Å². The van der Waals surface area contributed by atoms with Gasteiger partial charge in [-0.25, -0.2) is 9.18 Å². The number of aromatic carboxylic acids is 1. The van der Waals surface area contributed by atoms with Crippen molar-refractivity contribution in [2.75, 3.05) is 5.32 Å². The third kappa shape index (κ3) is 3.15. The molecule has 0 aliphatic rings. The van der Waals surface area contributed by atoms with Gasteiger partial charge in [-0.2, -0.15) is 0 Å². The van der Waals surface area contributed by atoms with E-state index in [0.29, 0.717) is 6.54 Å². The lowest BCUT2D eigenvalue weighted by Crippen LogP contribution is -2.08. The molecule has 0 fully saturated rings. The van der Waals surface area contributed by atoms with Crippen LogP contribution in [0.2, 0.25) is 0 Å². The van der Waals surface area contributed by atoms with Crippen molar-refractivity contribution in [3.63, 3.8) is 0 Å². The number of halogens is 1. The van der Waals surface area contributed by atoms with Gasteiger partial charge in [-0.1, -0.05) is 37.3 Å². The van der Waals surface area contributed by atoms with Crippen LogP contribution in [0.5, 0.6) is 0 Å². The number of benzene rings is 2. The van der Waals surface area contributed by atoms with Gasteiger partial charge in [0.1, 0.15) is 11.4 Å². The third-order valence-electron chi connectivity index (χ3n) is 3.14. The van der Waals surface area contributed by atoms with Crippen molar-refractivity contribution in [3.05, 3.63) is 65.0 Å². The van der Waals surface area contributed by atoms with E-state index in [0.717, 1.165) is 18.1 Å². The van der Waals surface area contributed by atoms with Gasteiger partial charge in [0.25, 0.3) is 0 Å². The molecule has 3 nitrogen and oxygen atoms in total. The lowest BCUT2D eigenvalue weighted by molar-refractivity contribution is 0.0693. The maximum atomic E-state index is 13.5. The molecule has 0 saturated carbocycles. The van der Waals surface area contributed by atoms with E-state index >= 15 is 0 Å². The van der Waals surface area contributed by atoms with Gasteiger partial charge < -0.3 is 10.4 Å². The van der Waals surface area contributed by atoms with Crippen molar-refractivity contribution >= 4 is 11.7 Å². The van der Waals surface area contributed by atoms with Crippen molar-refractivity contribution in [3.8, 4) is 0 Å². The minimum absolute atomic E-state index is 0.289. The molecule has 0 spiro atoms. The first-order valence-corrected chi connectivity index (χ1v) is 6.45. The minimum atomic E-state index is -1.27. The van der Waals surface area contributed by atoms with Crippen molar-refractivity contribution in [2.45, 2.75) is 19.9 Å². The summed E-state index contributed by atoms with van der Waals surface area (Å²) < 4.78 is 13.5. The second kappa shape index (κ2) is 6.19. The van der Waals surface area contributed by atoms with Crippen LogP contribution in [0.3, 0.4) is 0 Å². The molecule has 4 heteroatoms. The van der Waals surface area contributed by atoms with E-state index in [4.69, 9.17) is 5.11 Å². The number of hydrogen-bond donors (Lipinski definition) is 2. The van der Waals surface area contributed by atoms with Gasteiger partial charge in [0.15, 0.2) is 0 Å². The fourth-order valence-corrected chi connectivity index (χ4v) is 1.98. The topological polar surface area (TPSA) is 49.3 Å². The zero-order valence-corrected chi connectivity index (χ0v) is 11.2. The summed E-state index contributed by atoms with van der Waals surface area (Å²) in [6, 6.07) is 12.2. The Morgan fingerprint density at radius 3 is 2.40 bits per heavy atom. The molecule has 0 atom stereocenters. The molecule has 104 valence electrons. The van der Waals surface area contributed by atoms with Crippen LogP contribution in [0, 0.1) is 5.82 Å². The minimum Gasteiger partial charge on any atom is -0.478 e. The molecular formula is C16H16FNO2. The van der Waals surface area contributed by atoms with E-state index in [1.54, 1.807) is 6.07 Å². The number of rotatable bonds is 5. The zero-order valence-electron chi connectivity index (χ0n) is 11.2. The highest BCUT2D eigenvalue weighted by Gasteiger charge is 2.15. The first kappa shape index (κ1) is 14.1. The van der Waals surface area contributed by atoms with E-state index in [-0.39, 0.29) is 11.3 Å². The van der Waals surface area contributed by atoms with Crippen LogP contribution < -0.4 is 5.32 Å². The monoisotopic (exact) mass is 273 g/mol.